The number of carbonyl (C=O) groups is 3. The van der Waals surface area contributed by atoms with E-state index in [-0.39, 0.29) is 30.9 Å². The first-order valence-corrected chi connectivity index (χ1v) is 15.2. The second kappa shape index (κ2) is 12.4. The van der Waals surface area contributed by atoms with Crippen LogP contribution in [0.5, 0.6) is 5.75 Å². The van der Waals surface area contributed by atoms with Crippen molar-refractivity contribution in [2.75, 3.05) is 44.3 Å². The van der Waals surface area contributed by atoms with Crippen LogP contribution in [0.1, 0.15) is 46.5 Å². The number of anilines is 1. The van der Waals surface area contributed by atoms with Gasteiger partial charge in [-0.25, -0.2) is 0 Å². The summed E-state index contributed by atoms with van der Waals surface area (Å²) in [5.41, 5.74) is 0.709. The van der Waals surface area contributed by atoms with Crippen molar-refractivity contribution < 1.29 is 24.2 Å². The largest absolute Gasteiger partial charge is 0.494 e. The Kier molecular flexibility index (Phi) is 9.35. The molecular formula is C31H43N3O5S. The molecule has 1 spiro atoms. The van der Waals surface area contributed by atoms with Gasteiger partial charge in [-0.1, -0.05) is 25.5 Å². The number of nitrogens with zero attached hydrogens (tertiary/aromatic N) is 3. The lowest BCUT2D eigenvalue weighted by atomic mass is 9.66. The lowest BCUT2D eigenvalue weighted by molar-refractivity contribution is -0.143. The third kappa shape index (κ3) is 5.07. The van der Waals surface area contributed by atoms with Gasteiger partial charge in [0.15, 0.2) is 0 Å². The molecule has 218 valence electrons. The first-order valence-electron chi connectivity index (χ1n) is 14.4. The minimum Gasteiger partial charge on any atom is -0.494 e. The average molecular weight is 570 g/mol. The molecule has 8 nitrogen and oxygen atoms in total. The first-order chi connectivity index (χ1) is 19.2. The van der Waals surface area contributed by atoms with Gasteiger partial charge in [-0.2, -0.15) is 0 Å². The summed E-state index contributed by atoms with van der Waals surface area (Å²) in [6.45, 7) is 15.4. The maximum atomic E-state index is 14.5. The minimum absolute atomic E-state index is 0.0661. The van der Waals surface area contributed by atoms with E-state index in [1.807, 2.05) is 31.2 Å². The van der Waals surface area contributed by atoms with Crippen molar-refractivity contribution in [2.24, 2.45) is 11.8 Å². The quantitative estimate of drug-likeness (QED) is 0.342. The van der Waals surface area contributed by atoms with Crippen molar-refractivity contribution in [3.8, 4) is 5.75 Å². The van der Waals surface area contributed by atoms with Gasteiger partial charge < -0.3 is 24.5 Å². The molecule has 1 aromatic carbocycles. The molecule has 3 aliphatic rings. The van der Waals surface area contributed by atoms with Gasteiger partial charge in [0.2, 0.25) is 17.7 Å². The highest BCUT2D eigenvalue weighted by atomic mass is 32.2. The van der Waals surface area contributed by atoms with Crippen LogP contribution in [0.2, 0.25) is 0 Å². The van der Waals surface area contributed by atoms with Gasteiger partial charge in [-0.15, -0.1) is 24.9 Å². The molecule has 0 aliphatic carbocycles. The van der Waals surface area contributed by atoms with Gasteiger partial charge in [-0.05, 0) is 57.4 Å². The Morgan fingerprint density at radius 1 is 1.15 bits per heavy atom. The van der Waals surface area contributed by atoms with Crippen LogP contribution in [0.4, 0.5) is 5.69 Å². The summed E-state index contributed by atoms with van der Waals surface area (Å²) >= 11 is 1.65. The average Bonchev–Trinajstić information content (AvgIpc) is 3.51. The predicted molar refractivity (Wildman–Crippen MR) is 159 cm³/mol. The standard InChI is InChI=1S/C31H43N3O5S/c1-6-10-19-32(17-7-2)29(38)26-31-16-15-30(5,40-31)24(25(31)28(37)34(26)20-21-35)27(36)33(18-8-3)22-11-13-23(14-12-22)39-9-4/h7-8,11-14,24-26,35H,2-3,6,9-10,15-21H2,1,4-5H3/t24-,25-,26?,30+,31?/m0/s1. The number of unbranched alkanes of at least 4 members (excludes halogenated alkanes) is 1. The fourth-order valence-corrected chi connectivity index (χ4v) is 9.25. The van der Waals surface area contributed by atoms with Gasteiger partial charge in [0.05, 0.1) is 29.8 Å². The van der Waals surface area contributed by atoms with Crippen molar-refractivity contribution in [1.82, 2.24) is 9.80 Å². The third-order valence-electron chi connectivity index (χ3n) is 8.60. The second-order valence-electron chi connectivity index (χ2n) is 11.1. The Bertz CT molecular complexity index is 1130. The molecule has 2 bridgehead atoms. The number of aliphatic hydroxyl groups is 1. The number of hydrogen-bond donors (Lipinski definition) is 1. The van der Waals surface area contributed by atoms with E-state index >= 15 is 0 Å². The second-order valence-corrected chi connectivity index (χ2v) is 13.0. The molecule has 1 N–H and O–H groups in total. The highest BCUT2D eigenvalue weighted by Crippen LogP contribution is 2.71. The van der Waals surface area contributed by atoms with E-state index in [4.69, 9.17) is 4.74 Å². The van der Waals surface area contributed by atoms with Crippen LogP contribution in [0, 0.1) is 11.8 Å². The molecule has 4 rings (SSSR count). The summed E-state index contributed by atoms with van der Waals surface area (Å²) < 4.78 is 4.37. The molecule has 2 unspecified atom stereocenters. The first kappa shape index (κ1) is 30.2. The molecule has 3 fully saturated rings. The number of β-amino-alcohol motifs (C(OH)–C–C–N with tert-alkyl or cyclic N) is 1. The van der Waals surface area contributed by atoms with E-state index < -0.39 is 27.4 Å². The SMILES string of the molecule is C=CCN(CCCC)C(=O)C1N(CCO)C(=O)[C@@H]2[C@@H](C(=O)N(CC=C)c3ccc(OCC)cc3)[C@@]3(C)CCC12S3. The zero-order valence-corrected chi connectivity index (χ0v) is 24.8. The Labute approximate surface area is 242 Å². The zero-order valence-electron chi connectivity index (χ0n) is 24.0. The Morgan fingerprint density at radius 3 is 2.45 bits per heavy atom. The van der Waals surface area contributed by atoms with Crippen LogP contribution in [-0.2, 0) is 14.4 Å². The van der Waals surface area contributed by atoms with Crippen LogP contribution in [0.15, 0.2) is 49.6 Å². The molecule has 3 heterocycles. The van der Waals surface area contributed by atoms with Gasteiger partial charge in [0.25, 0.3) is 0 Å². The smallest absolute Gasteiger partial charge is 0.247 e. The number of hydrogen-bond acceptors (Lipinski definition) is 6. The van der Waals surface area contributed by atoms with Crippen molar-refractivity contribution in [3.63, 3.8) is 0 Å². The van der Waals surface area contributed by atoms with Gasteiger partial charge in [0.1, 0.15) is 11.8 Å². The van der Waals surface area contributed by atoms with Crippen molar-refractivity contribution in [3.05, 3.63) is 49.6 Å². The Balaban J connectivity index is 1.73. The van der Waals surface area contributed by atoms with Crippen LogP contribution in [0.3, 0.4) is 0 Å². The summed E-state index contributed by atoms with van der Waals surface area (Å²) in [5.74, 6) is -0.982. The number of carbonyl (C=O) groups excluding carboxylic acids is 3. The van der Waals surface area contributed by atoms with Gasteiger partial charge in [-0.3, -0.25) is 14.4 Å². The van der Waals surface area contributed by atoms with E-state index in [2.05, 4.69) is 27.0 Å². The van der Waals surface area contributed by atoms with E-state index in [0.29, 0.717) is 38.3 Å². The number of amides is 3. The molecule has 3 saturated heterocycles. The predicted octanol–water partition coefficient (Wildman–Crippen LogP) is 3.89. The fraction of sp³-hybridized carbons (Fsp3) is 0.581. The monoisotopic (exact) mass is 569 g/mol. The van der Waals surface area contributed by atoms with E-state index in [0.717, 1.165) is 25.0 Å². The third-order valence-corrected chi connectivity index (χ3v) is 10.6. The Morgan fingerprint density at radius 2 is 1.85 bits per heavy atom. The molecule has 0 saturated carbocycles. The molecule has 9 heteroatoms. The Hall–Kier alpha value is -2.78. The number of thioether (sulfide) groups is 1. The highest BCUT2D eigenvalue weighted by Gasteiger charge is 2.77. The van der Waals surface area contributed by atoms with Crippen molar-refractivity contribution >= 4 is 35.2 Å². The topological polar surface area (TPSA) is 90.4 Å². The number of aliphatic hydroxyl groups excluding tert-OH is 1. The van der Waals surface area contributed by atoms with Crippen LogP contribution >= 0.6 is 11.8 Å². The summed E-state index contributed by atoms with van der Waals surface area (Å²) in [6.07, 6.45) is 6.60. The molecule has 0 aromatic heterocycles. The molecule has 0 radical (unpaired) electrons. The summed E-state index contributed by atoms with van der Waals surface area (Å²) in [5, 5.41) is 9.91. The summed E-state index contributed by atoms with van der Waals surface area (Å²) in [6, 6.07) is 6.66. The van der Waals surface area contributed by atoms with Crippen LogP contribution in [0.25, 0.3) is 0 Å². The van der Waals surface area contributed by atoms with Crippen molar-refractivity contribution in [2.45, 2.75) is 62.0 Å². The van der Waals surface area contributed by atoms with E-state index in [9.17, 15) is 19.5 Å². The molecule has 3 amide bonds. The molecule has 40 heavy (non-hydrogen) atoms. The van der Waals surface area contributed by atoms with Gasteiger partial charge in [0, 0.05) is 36.6 Å². The fourth-order valence-electron chi connectivity index (χ4n) is 6.91. The van der Waals surface area contributed by atoms with Crippen LogP contribution in [-0.4, -0.2) is 87.6 Å². The number of fused-ring (bicyclic) bond motifs is 1. The number of ether oxygens (including phenoxy) is 1. The summed E-state index contributed by atoms with van der Waals surface area (Å²) in [4.78, 5) is 47.8. The van der Waals surface area contributed by atoms with Crippen molar-refractivity contribution in [1.29, 1.82) is 0 Å². The lowest BCUT2D eigenvalue weighted by Gasteiger charge is -2.38. The van der Waals surface area contributed by atoms with Gasteiger partial charge >= 0.3 is 0 Å². The zero-order chi connectivity index (χ0) is 29.1. The molecule has 3 aliphatic heterocycles. The lowest BCUT2D eigenvalue weighted by Crippen LogP contribution is -2.55. The highest BCUT2D eigenvalue weighted by molar-refractivity contribution is 8.02. The summed E-state index contributed by atoms with van der Waals surface area (Å²) in [7, 11) is 0. The maximum Gasteiger partial charge on any atom is 0.247 e. The molecular weight excluding hydrogens is 526 g/mol. The minimum atomic E-state index is -0.725. The van der Waals surface area contributed by atoms with E-state index in [1.54, 1.807) is 38.6 Å². The number of benzene rings is 1. The number of rotatable bonds is 14. The normalized spacial score (nSPS) is 28.4. The molecule has 1 aromatic rings. The molecule has 5 atom stereocenters. The maximum absolute atomic E-state index is 14.5. The van der Waals surface area contributed by atoms with Crippen LogP contribution < -0.4 is 9.64 Å². The van der Waals surface area contributed by atoms with E-state index in [1.165, 1.54) is 0 Å². The number of likely N-dealkylation sites (tertiary alicyclic amines) is 1.